The molecule has 10 rings (SSSR count). The number of benzene rings is 7. The molecule has 0 unspecified atom stereocenters. The van der Waals surface area contributed by atoms with Gasteiger partial charge in [-0.2, -0.15) is 0 Å². The van der Waals surface area contributed by atoms with Gasteiger partial charge in [0.15, 0.2) is 0 Å². The van der Waals surface area contributed by atoms with Gasteiger partial charge in [-0.3, -0.25) is 10.1 Å². The van der Waals surface area contributed by atoms with Gasteiger partial charge in [0.05, 0.1) is 21.5 Å². The fraction of sp³-hybridized carbons (Fsp3) is 0. The monoisotopic (exact) mass is 635 g/mol. The third-order valence-corrected chi connectivity index (χ3v) is 10.8. The van der Waals surface area contributed by atoms with Gasteiger partial charge in [-0.05, 0) is 64.7 Å². The zero-order valence-electron chi connectivity index (χ0n) is 25.5. The van der Waals surface area contributed by atoms with Crippen LogP contribution in [-0.4, -0.2) is 14.9 Å². The molecule has 0 atom stereocenters. The highest BCUT2D eigenvalue weighted by molar-refractivity contribution is 7.25. The average Bonchev–Trinajstić information content (AvgIpc) is 3.82. The van der Waals surface area contributed by atoms with Crippen molar-refractivity contribution in [2.24, 2.45) is 0 Å². The molecule has 0 spiro atoms. The topological polar surface area (TPSA) is 74.7 Å². The van der Waals surface area contributed by atoms with Gasteiger partial charge in [0.1, 0.15) is 0 Å². The van der Waals surface area contributed by atoms with Crippen LogP contribution in [0.5, 0.6) is 0 Å². The fourth-order valence-corrected chi connectivity index (χ4v) is 8.50. The van der Waals surface area contributed by atoms with Crippen molar-refractivity contribution in [1.29, 1.82) is 0 Å². The maximum atomic E-state index is 12.4. The zero-order chi connectivity index (χ0) is 31.9. The Morgan fingerprint density at radius 2 is 1.17 bits per heavy atom. The van der Waals surface area contributed by atoms with E-state index in [1.807, 2.05) is 65.9 Å². The van der Waals surface area contributed by atoms with E-state index >= 15 is 0 Å². The van der Waals surface area contributed by atoms with Crippen molar-refractivity contribution in [1.82, 2.24) is 9.97 Å². The van der Waals surface area contributed by atoms with E-state index < -0.39 is 0 Å². The van der Waals surface area contributed by atoms with Crippen LogP contribution in [-0.2, 0) is 0 Å². The van der Waals surface area contributed by atoms with E-state index in [1.54, 1.807) is 6.07 Å². The highest BCUT2D eigenvalue weighted by atomic mass is 32.1. The number of hydrogen-bond donors (Lipinski definition) is 2. The maximum absolute atomic E-state index is 12.4. The van der Waals surface area contributed by atoms with Crippen LogP contribution in [0.25, 0.3) is 97.2 Å². The number of thiophene rings is 1. The van der Waals surface area contributed by atoms with Crippen LogP contribution in [0.3, 0.4) is 0 Å². The molecule has 0 aliphatic rings. The first-order valence-electron chi connectivity index (χ1n) is 15.9. The first kappa shape index (κ1) is 26.9. The Hall–Kier alpha value is -6.24. The number of nitrogens with zero attached hydrogens (tertiary/aromatic N) is 1. The number of aromatic nitrogens is 2. The molecule has 0 aliphatic carbocycles. The molecule has 48 heavy (non-hydrogen) atoms. The summed E-state index contributed by atoms with van der Waals surface area (Å²) in [6.07, 6.45) is 0. The third-order valence-electron chi connectivity index (χ3n) is 9.67. The van der Waals surface area contributed by atoms with Gasteiger partial charge in [0.2, 0.25) is 0 Å². The van der Waals surface area contributed by atoms with Crippen LogP contribution in [0.4, 0.5) is 5.69 Å². The summed E-state index contributed by atoms with van der Waals surface area (Å²) in [5.74, 6) is 0. The third kappa shape index (κ3) is 3.96. The lowest BCUT2D eigenvalue weighted by molar-refractivity contribution is -0.384. The smallest absolute Gasteiger partial charge is 0.277 e. The predicted molar refractivity (Wildman–Crippen MR) is 201 cm³/mol. The Balaban J connectivity index is 1.17. The molecular weight excluding hydrogens is 611 g/mol. The van der Waals surface area contributed by atoms with Crippen molar-refractivity contribution >= 4 is 80.8 Å². The molecule has 0 radical (unpaired) electrons. The number of nitro benzene ring substituents is 1. The Bertz CT molecular complexity index is 2930. The van der Waals surface area contributed by atoms with Gasteiger partial charge in [0, 0.05) is 64.4 Å². The lowest BCUT2D eigenvalue weighted by Crippen LogP contribution is -1.93. The lowest BCUT2D eigenvalue weighted by atomic mass is 9.96. The number of nitrogens with one attached hydrogen (secondary N) is 2. The molecule has 7 aromatic carbocycles. The van der Waals surface area contributed by atoms with E-state index in [2.05, 4.69) is 88.8 Å². The SMILES string of the molecule is O=[N+]([O-])c1cc(-c2ccccc2)ccc1-c1cccc2c1[nH]c1c2ccc2[nH]c3ccc(-c4ccc5sc6ccccc6c5c4)cc3c21. The van der Waals surface area contributed by atoms with E-state index in [0.717, 1.165) is 65.9 Å². The second-order valence-electron chi connectivity index (χ2n) is 12.3. The van der Waals surface area contributed by atoms with Gasteiger partial charge >= 0.3 is 0 Å². The quantitative estimate of drug-likeness (QED) is 0.149. The van der Waals surface area contributed by atoms with E-state index in [4.69, 9.17) is 0 Å². The van der Waals surface area contributed by atoms with Gasteiger partial charge in [-0.15, -0.1) is 11.3 Å². The largest absolute Gasteiger partial charge is 0.354 e. The Morgan fingerprint density at radius 1 is 0.479 bits per heavy atom. The van der Waals surface area contributed by atoms with Crippen molar-refractivity contribution in [3.8, 4) is 33.4 Å². The van der Waals surface area contributed by atoms with Crippen molar-refractivity contribution < 1.29 is 4.92 Å². The molecule has 226 valence electrons. The molecule has 3 heterocycles. The molecule has 0 saturated heterocycles. The van der Waals surface area contributed by atoms with Crippen LogP contribution in [0, 0.1) is 10.1 Å². The van der Waals surface area contributed by atoms with Gasteiger partial charge in [-0.1, -0.05) is 91.0 Å². The Morgan fingerprint density at radius 3 is 2.04 bits per heavy atom. The molecule has 0 amide bonds. The van der Waals surface area contributed by atoms with Crippen LogP contribution in [0.15, 0.2) is 140 Å². The normalized spacial score (nSPS) is 11.9. The molecule has 2 N–H and O–H groups in total. The molecule has 0 fully saturated rings. The molecule has 5 nitrogen and oxygen atoms in total. The zero-order valence-corrected chi connectivity index (χ0v) is 26.3. The van der Waals surface area contributed by atoms with Crippen LogP contribution in [0.2, 0.25) is 0 Å². The molecule has 0 bridgehead atoms. The average molecular weight is 636 g/mol. The summed E-state index contributed by atoms with van der Waals surface area (Å²) in [7, 11) is 0. The van der Waals surface area contributed by atoms with Crippen molar-refractivity contribution in [2.45, 2.75) is 0 Å². The molecule has 10 aromatic rings. The summed E-state index contributed by atoms with van der Waals surface area (Å²) in [6.45, 7) is 0. The number of hydrogen-bond acceptors (Lipinski definition) is 3. The summed E-state index contributed by atoms with van der Waals surface area (Å²) < 4.78 is 2.59. The minimum absolute atomic E-state index is 0.0831. The Labute approximate surface area is 277 Å². The second-order valence-corrected chi connectivity index (χ2v) is 13.4. The van der Waals surface area contributed by atoms with Crippen LogP contribution in [0.1, 0.15) is 0 Å². The summed E-state index contributed by atoms with van der Waals surface area (Å²) in [6, 6.07) is 47.6. The minimum atomic E-state index is -0.279. The lowest BCUT2D eigenvalue weighted by Gasteiger charge is -2.08. The minimum Gasteiger partial charge on any atom is -0.354 e. The second kappa shape index (κ2) is 10.1. The van der Waals surface area contributed by atoms with Gasteiger partial charge < -0.3 is 9.97 Å². The fourth-order valence-electron chi connectivity index (χ4n) is 7.41. The highest BCUT2D eigenvalue weighted by Crippen LogP contribution is 2.43. The predicted octanol–water partition coefficient (Wildman–Crippen LogP) is 12.2. The number of para-hydroxylation sites is 1. The van der Waals surface area contributed by atoms with E-state index in [0.29, 0.717) is 5.56 Å². The van der Waals surface area contributed by atoms with E-state index in [1.165, 1.54) is 25.7 Å². The number of nitro groups is 1. The summed E-state index contributed by atoms with van der Waals surface area (Å²) in [5, 5.41) is 19.4. The van der Waals surface area contributed by atoms with Crippen molar-refractivity contribution in [3.05, 3.63) is 150 Å². The van der Waals surface area contributed by atoms with E-state index in [-0.39, 0.29) is 10.6 Å². The maximum Gasteiger partial charge on any atom is 0.277 e. The van der Waals surface area contributed by atoms with Crippen molar-refractivity contribution in [3.63, 3.8) is 0 Å². The van der Waals surface area contributed by atoms with Crippen molar-refractivity contribution in [2.75, 3.05) is 0 Å². The molecule has 0 aliphatic heterocycles. The first-order chi connectivity index (χ1) is 23.6. The highest BCUT2D eigenvalue weighted by Gasteiger charge is 2.21. The standard InChI is InChI=1S/C42H25N3O2S/c46-45(47)37-23-27(24-7-2-1-3-8-24)13-16-28(37)30-10-6-11-31-32-17-19-36-40(42(32)44-41(30)31)34-22-25(14-18-35(34)43-36)26-15-20-39-33(21-26)29-9-4-5-12-38(29)48-39/h1-23,43-44H. The number of rotatable bonds is 4. The van der Waals surface area contributed by atoms with Gasteiger partial charge in [-0.25, -0.2) is 0 Å². The summed E-state index contributed by atoms with van der Waals surface area (Å²) in [5.41, 5.74) is 9.58. The molecule has 0 saturated carbocycles. The molecule has 3 aromatic heterocycles. The van der Waals surface area contributed by atoms with Crippen LogP contribution >= 0.6 is 11.3 Å². The number of fused-ring (bicyclic) bond motifs is 10. The van der Waals surface area contributed by atoms with Crippen LogP contribution < -0.4 is 0 Å². The number of aromatic amines is 2. The first-order valence-corrected chi connectivity index (χ1v) is 16.7. The Kier molecular flexibility index (Phi) is 5.68. The number of H-pyrrole nitrogens is 2. The summed E-state index contributed by atoms with van der Waals surface area (Å²) >= 11 is 1.83. The molecule has 6 heteroatoms. The molecular formula is C42H25N3O2S. The van der Waals surface area contributed by atoms with Gasteiger partial charge in [0.25, 0.3) is 5.69 Å². The summed E-state index contributed by atoms with van der Waals surface area (Å²) in [4.78, 5) is 19.5. The van der Waals surface area contributed by atoms with E-state index in [9.17, 15) is 10.1 Å².